The van der Waals surface area contributed by atoms with E-state index in [1.54, 1.807) is 0 Å². The third kappa shape index (κ3) is 1.43. The predicted octanol–water partition coefficient (Wildman–Crippen LogP) is 2.42. The highest BCUT2D eigenvalue weighted by molar-refractivity contribution is 5.96. The van der Waals surface area contributed by atoms with Gasteiger partial charge in [0.25, 0.3) is 0 Å². The first kappa shape index (κ1) is 11.7. The van der Waals surface area contributed by atoms with Crippen molar-refractivity contribution in [3.63, 3.8) is 0 Å². The normalized spacial score (nSPS) is 43.5. The van der Waals surface area contributed by atoms with E-state index in [4.69, 9.17) is 4.74 Å². The Morgan fingerprint density at radius 1 is 1.28 bits per heavy atom. The van der Waals surface area contributed by atoms with Crippen molar-refractivity contribution in [2.24, 2.45) is 17.3 Å². The molecule has 1 heterocycles. The van der Waals surface area contributed by atoms with Crippen LogP contribution in [0.4, 0.5) is 0 Å². The Bertz CT molecular complexity index is 476. The summed E-state index contributed by atoms with van der Waals surface area (Å²) in [5, 5.41) is 0. The molecule has 18 heavy (non-hydrogen) atoms. The van der Waals surface area contributed by atoms with E-state index in [1.165, 1.54) is 0 Å². The van der Waals surface area contributed by atoms with E-state index in [1.807, 2.05) is 0 Å². The minimum atomic E-state index is -0.260. The van der Waals surface area contributed by atoms with E-state index in [0.29, 0.717) is 12.0 Å². The van der Waals surface area contributed by atoms with Gasteiger partial charge in [-0.25, -0.2) is 4.79 Å². The maximum Gasteiger partial charge on any atom is 0.334 e. The van der Waals surface area contributed by atoms with Gasteiger partial charge in [0.15, 0.2) is 5.78 Å². The molecule has 0 spiro atoms. The molecular weight excluding hydrogens is 228 g/mol. The predicted molar refractivity (Wildman–Crippen MR) is 66.7 cm³/mol. The van der Waals surface area contributed by atoms with E-state index < -0.39 is 0 Å². The van der Waals surface area contributed by atoms with Gasteiger partial charge in [-0.1, -0.05) is 20.1 Å². The van der Waals surface area contributed by atoms with Crippen molar-refractivity contribution < 1.29 is 14.3 Å². The molecular formula is C15H18O3. The number of Topliss-reactive ketones (excluding diaryl/α,β-unsaturated/α-hetero) is 1. The van der Waals surface area contributed by atoms with Crippen LogP contribution in [0.15, 0.2) is 24.3 Å². The van der Waals surface area contributed by atoms with Crippen molar-refractivity contribution in [1.29, 1.82) is 0 Å². The van der Waals surface area contributed by atoms with Gasteiger partial charge in [-0.2, -0.15) is 0 Å². The monoisotopic (exact) mass is 246 g/mol. The SMILES string of the molecule is C=C1C(=O)OC2CC3(C)CCC(=O)C(=C)C3CC12. The summed E-state index contributed by atoms with van der Waals surface area (Å²) in [4.78, 5) is 23.4. The number of fused-ring (bicyclic) bond motifs is 2. The third-order valence-corrected chi connectivity index (χ3v) is 5.12. The lowest BCUT2D eigenvalue weighted by atomic mass is 9.55. The number of rotatable bonds is 0. The average molecular weight is 246 g/mol. The van der Waals surface area contributed by atoms with E-state index >= 15 is 0 Å². The fourth-order valence-electron chi connectivity index (χ4n) is 3.88. The number of hydrogen-bond donors (Lipinski definition) is 0. The van der Waals surface area contributed by atoms with E-state index in [2.05, 4.69) is 20.1 Å². The standard InChI is InChI=1S/C15H18O3/c1-8-10-6-11-9(2)12(16)4-5-15(11,3)7-13(10)18-14(8)17/h10-11,13H,1-2,4-7H2,3H3. The van der Waals surface area contributed by atoms with Crippen LogP contribution < -0.4 is 0 Å². The minimum Gasteiger partial charge on any atom is -0.458 e. The minimum absolute atomic E-state index is 0.0350. The van der Waals surface area contributed by atoms with E-state index in [0.717, 1.165) is 24.8 Å². The van der Waals surface area contributed by atoms with Gasteiger partial charge >= 0.3 is 5.97 Å². The molecule has 0 bridgehead atoms. The first-order valence-electron chi connectivity index (χ1n) is 6.54. The van der Waals surface area contributed by atoms with Crippen molar-refractivity contribution in [3.05, 3.63) is 24.3 Å². The molecule has 3 aliphatic rings. The molecule has 3 fully saturated rings. The van der Waals surface area contributed by atoms with Gasteiger partial charge < -0.3 is 4.74 Å². The molecule has 3 heteroatoms. The van der Waals surface area contributed by atoms with Crippen LogP contribution in [0.25, 0.3) is 0 Å². The number of hydrogen-bond acceptors (Lipinski definition) is 3. The van der Waals surface area contributed by atoms with Gasteiger partial charge in [0.1, 0.15) is 6.10 Å². The van der Waals surface area contributed by atoms with Crippen LogP contribution in [0, 0.1) is 17.3 Å². The van der Waals surface area contributed by atoms with Crippen LogP contribution in [0.1, 0.15) is 32.6 Å². The molecule has 2 saturated carbocycles. The van der Waals surface area contributed by atoms with Crippen LogP contribution in [-0.4, -0.2) is 17.9 Å². The Labute approximate surface area is 107 Å². The lowest BCUT2D eigenvalue weighted by Crippen LogP contribution is -2.45. The largest absolute Gasteiger partial charge is 0.458 e. The molecule has 0 amide bonds. The maximum atomic E-state index is 11.8. The summed E-state index contributed by atoms with van der Waals surface area (Å²) in [5.41, 5.74) is 1.37. The van der Waals surface area contributed by atoms with Crippen molar-refractivity contribution in [2.45, 2.75) is 38.7 Å². The fraction of sp³-hybridized carbons (Fsp3) is 0.600. The van der Waals surface area contributed by atoms with Gasteiger partial charge in [0, 0.05) is 17.9 Å². The lowest BCUT2D eigenvalue weighted by molar-refractivity contribution is -0.143. The maximum absolute atomic E-state index is 11.8. The summed E-state index contributed by atoms with van der Waals surface area (Å²) in [6.07, 6.45) is 3.04. The van der Waals surface area contributed by atoms with Crippen LogP contribution >= 0.6 is 0 Å². The third-order valence-electron chi connectivity index (χ3n) is 5.12. The summed E-state index contributed by atoms with van der Waals surface area (Å²) >= 11 is 0. The van der Waals surface area contributed by atoms with Crippen molar-refractivity contribution in [2.75, 3.05) is 0 Å². The van der Waals surface area contributed by atoms with Crippen molar-refractivity contribution in [3.8, 4) is 0 Å². The summed E-state index contributed by atoms with van der Waals surface area (Å²) in [6.45, 7) is 10.0. The summed E-state index contributed by atoms with van der Waals surface area (Å²) in [6, 6.07) is 0. The van der Waals surface area contributed by atoms with Gasteiger partial charge in [-0.3, -0.25) is 4.79 Å². The molecule has 0 radical (unpaired) electrons. The number of carbonyl (C=O) groups is 2. The first-order chi connectivity index (χ1) is 8.42. The van der Waals surface area contributed by atoms with Gasteiger partial charge in [0.2, 0.25) is 0 Å². The molecule has 4 atom stereocenters. The van der Waals surface area contributed by atoms with Crippen LogP contribution in [0.3, 0.4) is 0 Å². The zero-order chi connectivity index (χ0) is 13.1. The first-order valence-corrected chi connectivity index (χ1v) is 6.54. The molecule has 1 aliphatic heterocycles. The zero-order valence-electron chi connectivity index (χ0n) is 10.7. The van der Waals surface area contributed by atoms with Crippen molar-refractivity contribution >= 4 is 11.8 Å². The number of esters is 1. The number of ether oxygens (including phenoxy) is 1. The summed E-state index contributed by atoms with van der Waals surface area (Å²) < 4.78 is 5.40. The number of allylic oxidation sites excluding steroid dienone is 1. The quantitative estimate of drug-likeness (QED) is 0.487. The number of ketones is 1. The molecule has 4 unspecified atom stereocenters. The molecule has 0 N–H and O–H groups in total. The molecule has 3 nitrogen and oxygen atoms in total. The van der Waals surface area contributed by atoms with E-state index in [-0.39, 0.29) is 35.1 Å². The van der Waals surface area contributed by atoms with Crippen LogP contribution in [-0.2, 0) is 14.3 Å². The zero-order valence-corrected chi connectivity index (χ0v) is 10.7. The van der Waals surface area contributed by atoms with Gasteiger partial charge in [-0.15, -0.1) is 0 Å². The molecule has 0 aromatic carbocycles. The smallest absolute Gasteiger partial charge is 0.334 e. The number of carbonyl (C=O) groups excluding carboxylic acids is 2. The molecule has 3 rings (SSSR count). The Balaban J connectivity index is 1.93. The molecule has 0 aromatic rings. The summed E-state index contributed by atoms with van der Waals surface area (Å²) in [5.74, 6) is 0.195. The highest BCUT2D eigenvalue weighted by Gasteiger charge is 2.53. The Kier molecular flexibility index (Phi) is 2.31. The second-order valence-electron chi connectivity index (χ2n) is 6.17. The summed E-state index contributed by atoms with van der Waals surface area (Å²) in [7, 11) is 0. The Hall–Kier alpha value is -1.38. The lowest BCUT2D eigenvalue weighted by Gasteiger charge is -2.48. The molecule has 0 aromatic heterocycles. The highest BCUT2D eigenvalue weighted by atomic mass is 16.6. The van der Waals surface area contributed by atoms with E-state index in [9.17, 15) is 9.59 Å². The van der Waals surface area contributed by atoms with Gasteiger partial charge in [0.05, 0.1) is 0 Å². The van der Waals surface area contributed by atoms with Crippen molar-refractivity contribution in [1.82, 2.24) is 0 Å². The topological polar surface area (TPSA) is 43.4 Å². The van der Waals surface area contributed by atoms with Gasteiger partial charge in [-0.05, 0) is 36.2 Å². The highest BCUT2D eigenvalue weighted by Crippen LogP contribution is 2.55. The molecule has 2 aliphatic carbocycles. The fourth-order valence-corrected chi connectivity index (χ4v) is 3.88. The second kappa shape index (κ2) is 3.56. The second-order valence-corrected chi connectivity index (χ2v) is 6.17. The van der Waals surface area contributed by atoms with Crippen LogP contribution in [0.5, 0.6) is 0 Å². The Morgan fingerprint density at radius 3 is 2.72 bits per heavy atom. The molecule has 96 valence electrons. The molecule has 1 saturated heterocycles. The van der Waals surface area contributed by atoms with Crippen LogP contribution in [0.2, 0.25) is 0 Å². The average Bonchev–Trinajstić information content (AvgIpc) is 2.58. The Morgan fingerprint density at radius 2 is 2.00 bits per heavy atom.